The average molecular weight is 394 g/mol. The first-order chi connectivity index (χ1) is 13.4. The van der Waals surface area contributed by atoms with E-state index in [0.29, 0.717) is 11.3 Å². The summed E-state index contributed by atoms with van der Waals surface area (Å²) in [5.74, 6) is -0.258. The summed E-state index contributed by atoms with van der Waals surface area (Å²) in [6, 6.07) is 23.2. The maximum Gasteiger partial charge on any atom is 0.241 e. The van der Waals surface area contributed by atoms with Gasteiger partial charge in [0.25, 0.3) is 0 Å². The van der Waals surface area contributed by atoms with Gasteiger partial charge < -0.3 is 5.32 Å². The third-order valence-corrected chi connectivity index (χ3v) is 5.90. The van der Waals surface area contributed by atoms with Gasteiger partial charge in [-0.05, 0) is 35.7 Å². The highest BCUT2D eigenvalue weighted by Gasteiger charge is 2.24. The van der Waals surface area contributed by atoms with Crippen molar-refractivity contribution in [2.45, 2.75) is 24.8 Å². The van der Waals surface area contributed by atoms with Gasteiger partial charge in [-0.25, -0.2) is 8.42 Å². The van der Waals surface area contributed by atoms with Crippen molar-refractivity contribution in [3.05, 3.63) is 95.6 Å². The van der Waals surface area contributed by atoms with E-state index in [9.17, 15) is 13.2 Å². The second kappa shape index (κ2) is 8.37. The largest absolute Gasteiger partial charge is 0.326 e. The molecule has 0 aliphatic carbocycles. The third kappa shape index (κ3) is 4.65. The summed E-state index contributed by atoms with van der Waals surface area (Å²) in [7, 11) is -3.85. The average Bonchev–Trinajstić information content (AvgIpc) is 2.68. The van der Waals surface area contributed by atoms with Crippen LogP contribution in [0.4, 0.5) is 5.69 Å². The zero-order valence-corrected chi connectivity index (χ0v) is 16.5. The summed E-state index contributed by atoms with van der Waals surface area (Å²) >= 11 is 0. The summed E-state index contributed by atoms with van der Waals surface area (Å²) in [5, 5.41) is 2.63. The van der Waals surface area contributed by atoms with Crippen molar-refractivity contribution in [3.8, 4) is 0 Å². The smallest absolute Gasteiger partial charge is 0.241 e. The van der Waals surface area contributed by atoms with E-state index < -0.39 is 16.1 Å². The van der Waals surface area contributed by atoms with Gasteiger partial charge in [0.15, 0.2) is 0 Å². The topological polar surface area (TPSA) is 75.3 Å². The molecule has 0 spiro atoms. The molecule has 0 saturated carbocycles. The molecule has 1 amide bonds. The Kier molecular flexibility index (Phi) is 5.92. The van der Waals surface area contributed by atoms with E-state index in [-0.39, 0.29) is 10.8 Å². The van der Waals surface area contributed by atoms with Crippen LogP contribution >= 0.6 is 0 Å². The van der Waals surface area contributed by atoms with Crippen LogP contribution in [0.1, 0.15) is 29.7 Å². The number of carbonyl (C=O) groups is 1. The Morgan fingerprint density at radius 3 is 1.89 bits per heavy atom. The lowest BCUT2D eigenvalue weighted by atomic mass is 10.00. The highest BCUT2D eigenvalue weighted by atomic mass is 32.2. The predicted molar refractivity (Wildman–Crippen MR) is 111 cm³/mol. The van der Waals surface area contributed by atoms with Gasteiger partial charge in [-0.2, -0.15) is 4.72 Å². The SMILES string of the molecule is CC(=O)Nc1ccc(C)c(S(=O)(=O)NC(c2ccccc2)c2ccccc2)c1. The Hall–Kier alpha value is -2.96. The maximum atomic E-state index is 13.2. The van der Waals surface area contributed by atoms with E-state index in [1.807, 2.05) is 60.7 Å². The first-order valence-electron chi connectivity index (χ1n) is 8.87. The van der Waals surface area contributed by atoms with Gasteiger partial charge in [0.2, 0.25) is 15.9 Å². The van der Waals surface area contributed by atoms with E-state index >= 15 is 0 Å². The van der Waals surface area contributed by atoms with Crippen molar-refractivity contribution >= 4 is 21.6 Å². The van der Waals surface area contributed by atoms with Crippen molar-refractivity contribution in [2.75, 3.05) is 5.32 Å². The molecule has 0 heterocycles. The molecule has 5 nitrogen and oxygen atoms in total. The lowest BCUT2D eigenvalue weighted by Gasteiger charge is -2.21. The molecule has 3 rings (SSSR count). The van der Waals surface area contributed by atoms with Crippen LogP contribution in [0, 0.1) is 6.92 Å². The Labute approximate surface area is 165 Å². The van der Waals surface area contributed by atoms with E-state index in [1.165, 1.54) is 13.0 Å². The predicted octanol–water partition coefficient (Wildman–Crippen LogP) is 4.02. The van der Waals surface area contributed by atoms with Gasteiger partial charge >= 0.3 is 0 Å². The summed E-state index contributed by atoms with van der Waals surface area (Å²) < 4.78 is 29.3. The molecule has 0 radical (unpaired) electrons. The van der Waals surface area contributed by atoms with Crippen LogP contribution in [0.15, 0.2) is 83.8 Å². The number of anilines is 1. The van der Waals surface area contributed by atoms with E-state index in [4.69, 9.17) is 0 Å². The number of rotatable bonds is 6. The van der Waals surface area contributed by atoms with Crippen LogP contribution in [0.5, 0.6) is 0 Å². The van der Waals surface area contributed by atoms with Gasteiger partial charge in [0.05, 0.1) is 10.9 Å². The molecule has 0 aliphatic heterocycles. The summed E-state index contributed by atoms with van der Waals surface area (Å²) in [5.41, 5.74) is 2.72. The first kappa shape index (κ1) is 19.8. The van der Waals surface area contributed by atoms with Crippen LogP contribution in [-0.4, -0.2) is 14.3 Å². The Morgan fingerprint density at radius 1 is 0.857 bits per heavy atom. The van der Waals surface area contributed by atoms with E-state index in [1.54, 1.807) is 19.1 Å². The number of sulfonamides is 1. The number of benzene rings is 3. The van der Waals surface area contributed by atoms with Crippen molar-refractivity contribution in [1.29, 1.82) is 0 Å². The lowest BCUT2D eigenvalue weighted by molar-refractivity contribution is -0.114. The Balaban J connectivity index is 2.02. The molecule has 0 bridgehead atoms. The van der Waals surface area contributed by atoms with Gasteiger partial charge in [0, 0.05) is 12.6 Å². The number of hydrogen-bond donors (Lipinski definition) is 2. The summed E-state index contributed by atoms with van der Waals surface area (Å²) in [4.78, 5) is 11.5. The minimum atomic E-state index is -3.85. The van der Waals surface area contributed by atoms with Crippen LogP contribution in [0.3, 0.4) is 0 Å². The minimum Gasteiger partial charge on any atom is -0.326 e. The third-order valence-electron chi connectivity index (χ3n) is 4.34. The second-order valence-corrected chi connectivity index (χ2v) is 8.22. The fourth-order valence-corrected chi connectivity index (χ4v) is 4.49. The lowest BCUT2D eigenvalue weighted by Crippen LogP contribution is -2.30. The molecule has 144 valence electrons. The molecule has 28 heavy (non-hydrogen) atoms. The van der Waals surface area contributed by atoms with Crippen molar-refractivity contribution in [1.82, 2.24) is 4.72 Å². The van der Waals surface area contributed by atoms with E-state index in [2.05, 4.69) is 10.0 Å². The molecular formula is C22H22N2O3S. The fraction of sp³-hybridized carbons (Fsp3) is 0.136. The van der Waals surface area contributed by atoms with Crippen LogP contribution in [0.25, 0.3) is 0 Å². The van der Waals surface area contributed by atoms with Crippen molar-refractivity contribution < 1.29 is 13.2 Å². The second-order valence-electron chi connectivity index (χ2n) is 6.54. The molecule has 0 saturated heterocycles. The first-order valence-corrected chi connectivity index (χ1v) is 10.4. The minimum absolute atomic E-state index is 0.135. The highest BCUT2D eigenvalue weighted by Crippen LogP contribution is 2.26. The van der Waals surface area contributed by atoms with Gasteiger partial charge in [-0.15, -0.1) is 0 Å². The summed E-state index contributed by atoms with van der Waals surface area (Å²) in [6.45, 7) is 3.11. The quantitative estimate of drug-likeness (QED) is 0.663. The molecular weight excluding hydrogens is 372 g/mol. The Morgan fingerprint density at radius 2 is 1.39 bits per heavy atom. The van der Waals surface area contributed by atoms with Gasteiger partial charge in [-0.3, -0.25) is 4.79 Å². The number of hydrogen-bond acceptors (Lipinski definition) is 3. The van der Waals surface area contributed by atoms with Gasteiger partial charge in [0.1, 0.15) is 0 Å². The van der Waals surface area contributed by atoms with Crippen molar-refractivity contribution in [2.24, 2.45) is 0 Å². The highest BCUT2D eigenvalue weighted by molar-refractivity contribution is 7.89. The molecule has 0 aromatic heterocycles. The molecule has 0 aliphatic rings. The number of aryl methyl sites for hydroxylation is 1. The normalized spacial score (nSPS) is 11.4. The van der Waals surface area contributed by atoms with Crippen LogP contribution in [-0.2, 0) is 14.8 Å². The molecule has 6 heteroatoms. The molecule has 3 aromatic rings. The summed E-state index contributed by atoms with van der Waals surface area (Å²) in [6.07, 6.45) is 0. The fourth-order valence-electron chi connectivity index (χ4n) is 3.01. The molecule has 2 N–H and O–H groups in total. The van der Waals surface area contributed by atoms with Crippen LogP contribution in [0.2, 0.25) is 0 Å². The standard InChI is InChI=1S/C22H22N2O3S/c1-16-13-14-20(23-17(2)25)15-21(16)28(26,27)24-22(18-9-5-3-6-10-18)19-11-7-4-8-12-19/h3-15,22,24H,1-2H3,(H,23,25). The van der Waals surface area contributed by atoms with Crippen LogP contribution < -0.4 is 10.0 Å². The number of amides is 1. The number of nitrogens with one attached hydrogen (secondary N) is 2. The zero-order valence-electron chi connectivity index (χ0n) is 15.7. The zero-order chi connectivity index (χ0) is 20.1. The molecule has 0 atom stereocenters. The molecule has 3 aromatic carbocycles. The van der Waals surface area contributed by atoms with E-state index in [0.717, 1.165) is 11.1 Å². The van der Waals surface area contributed by atoms with Gasteiger partial charge in [-0.1, -0.05) is 66.7 Å². The van der Waals surface area contributed by atoms with Crippen molar-refractivity contribution in [3.63, 3.8) is 0 Å². The Bertz CT molecular complexity index is 1030. The number of carbonyl (C=O) groups excluding carboxylic acids is 1. The molecule has 0 fully saturated rings. The monoisotopic (exact) mass is 394 g/mol. The molecule has 0 unspecified atom stereocenters. The maximum absolute atomic E-state index is 13.2.